The van der Waals surface area contributed by atoms with E-state index >= 15 is 0 Å². The normalized spacial score (nSPS) is 12.4. The molecule has 0 aliphatic heterocycles. The van der Waals surface area contributed by atoms with Crippen molar-refractivity contribution in [1.82, 2.24) is 5.54 Å². The van der Waals surface area contributed by atoms with Crippen LogP contribution in [0.3, 0.4) is 0 Å². The Morgan fingerprint density at radius 2 is 2.21 bits per heavy atom. The average molecular weight is 199 g/mol. The fraction of sp³-hybridized carbons (Fsp3) is 0.889. The molecule has 0 aliphatic rings. The lowest BCUT2D eigenvalue weighted by Crippen LogP contribution is -2.21. The van der Waals surface area contributed by atoms with Gasteiger partial charge in [0.2, 0.25) is 0 Å². The highest BCUT2D eigenvalue weighted by Crippen LogP contribution is 2.15. The van der Waals surface area contributed by atoms with E-state index in [-0.39, 0.29) is 5.92 Å². The fourth-order valence-electron chi connectivity index (χ4n) is 1.69. The molecule has 80 valence electrons. The van der Waals surface area contributed by atoms with Gasteiger partial charge in [0.1, 0.15) is 0 Å². The third kappa shape index (κ3) is 6.19. The average Bonchev–Trinajstić information content (AvgIpc) is 2.21. The van der Waals surface area contributed by atoms with E-state index in [0.717, 1.165) is 32.1 Å². The van der Waals surface area contributed by atoms with Crippen molar-refractivity contribution in [2.45, 2.75) is 39.0 Å². The summed E-state index contributed by atoms with van der Waals surface area (Å²) in [4.78, 5) is 11.5. The Morgan fingerprint density at radius 3 is 2.71 bits per heavy atom. The smallest absolute Gasteiger partial charge is 0.166 e. The Hall–Kier alpha value is -0.310. The Labute approximate surface area is 87.6 Å². The van der Waals surface area contributed by atoms with E-state index in [4.69, 9.17) is 0 Å². The summed E-state index contributed by atoms with van der Waals surface area (Å²) < 4.78 is 11.6. The topological polar surface area (TPSA) is 29.1 Å². The van der Waals surface area contributed by atoms with E-state index in [9.17, 15) is 9.28 Å². The molecule has 0 aromatic heterocycles. The van der Waals surface area contributed by atoms with Gasteiger partial charge in [-0.1, -0.05) is 19.8 Å². The van der Waals surface area contributed by atoms with Crippen molar-refractivity contribution in [3.8, 4) is 0 Å². The number of hydrogen-bond donors (Lipinski definition) is 1. The highest BCUT2D eigenvalue weighted by Gasteiger charge is 2.14. The molecule has 0 aromatic carbocycles. The first kappa shape index (κ1) is 13.7. The Bertz CT molecular complexity index is 158. The van der Waals surface area contributed by atoms with Gasteiger partial charge < -0.3 is 4.79 Å². The molecule has 0 saturated heterocycles. The maximum atomic E-state index is 11.6. The molecule has 0 heterocycles. The summed E-state index contributed by atoms with van der Waals surface area (Å²) in [6.45, 7) is 2.50. The van der Waals surface area contributed by atoms with Crippen molar-refractivity contribution < 1.29 is 9.28 Å². The minimum Gasteiger partial charge on any atom is -0.312 e. The van der Waals surface area contributed by atoms with Crippen LogP contribution in [0.25, 0.3) is 0 Å². The Kier molecular flexibility index (Phi) is 9.05. The minimum absolute atomic E-state index is 0.213. The van der Waals surface area contributed by atoms with Gasteiger partial charge in [-0.2, -0.15) is 5.54 Å². The molecule has 0 aromatic rings. The van der Waals surface area contributed by atoms with Gasteiger partial charge in [-0.05, 0) is 19.3 Å². The maximum Gasteiger partial charge on any atom is 0.166 e. The van der Waals surface area contributed by atoms with Crippen molar-refractivity contribution in [3.05, 3.63) is 0 Å². The van der Waals surface area contributed by atoms with Gasteiger partial charge in [0.25, 0.3) is 0 Å². The minimum atomic E-state index is 0.213. The second kappa shape index (κ2) is 9.25. The van der Waals surface area contributed by atoms with Crippen LogP contribution in [0.1, 0.15) is 39.0 Å². The first-order valence-corrected chi connectivity index (χ1v) is 5.62. The molecule has 0 aliphatic carbocycles. The number of rotatable bonds is 9. The van der Waals surface area contributed by atoms with Gasteiger partial charge in [0.15, 0.2) is 7.17 Å². The van der Waals surface area contributed by atoms with E-state index in [1.165, 1.54) is 0 Å². The zero-order chi connectivity index (χ0) is 10.8. The largest absolute Gasteiger partial charge is 0.312 e. The van der Waals surface area contributed by atoms with Crippen molar-refractivity contribution in [2.75, 3.05) is 6.54 Å². The van der Waals surface area contributed by atoms with Crippen molar-refractivity contribution in [1.29, 1.82) is 0 Å². The Balaban J connectivity index is 3.67. The second-order valence-electron chi connectivity index (χ2n) is 3.68. The molecule has 14 heavy (non-hydrogen) atoms. The number of carbonyl (C=O) groups is 1. The SMILES string of the molecule is BBC(=O)[C@@H](CCC)CCCCNF. The molecular formula is C9H20B2FNO. The van der Waals surface area contributed by atoms with Crippen LogP contribution in [0.2, 0.25) is 0 Å². The van der Waals surface area contributed by atoms with Crippen LogP contribution in [0.4, 0.5) is 4.48 Å². The van der Waals surface area contributed by atoms with Crippen molar-refractivity contribution in [2.24, 2.45) is 5.92 Å². The summed E-state index contributed by atoms with van der Waals surface area (Å²) >= 11 is 0. The van der Waals surface area contributed by atoms with Gasteiger partial charge in [0, 0.05) is 12.5 Å². The zero-order valence-corrected chi connectivity index (χ0v) is 9.31. The lowest BCUT2D eigenvalue weighted by atomic mass is 9.49. The van der Waals surface area contributed by atoms with E-state index in [2.05, 4.69) is 6.92 Å². The molecule has 0 bridgehead atoms. The van der Waals surface area contributed by atoms with E-state index in [0.29, 0.717) is 19.4 Å². The van der Waals surface area contributed by atoms with Crippen molar-refractivity contribution in [3.63, 3.8) is 0 Å². The fourth-order valence-corrected chi connectivity index (χ4v) is 1.69. The molecule has 0 spiro atoms. The van der Waals surface area contributed by atoms with Gasteiger partial charge in [0.05, 0.1) is 13.4 Å². The Morgan fingerprint density at radius 1 is 1.50 bits per heavy atom. The molecular weight excluding hydrogens is 179 g/mol. The van der Waals surface area contributed by atoms with E-state index in [1.54, 1.807) is 5.54 Å². The highest BCUT2D eigenvalue weighted by atomic mass is 19.2. The number of nitrogens with one attached hydrogen (secondary N) is 1. The molecule has 0 rings (SSSR count). The summed E-state index contributed by atoms with van der Waals surface area (Å²) in [7, 11) is 2.54. The summed E-state index contributed by atoms with van der Waals surface area (Å²) in [5, 5.41) is 0. The third-order valence-corrected chi connectivity index (χ3v) is 2.51. The summed E-state index contributed by atoms with van der Waals surface area (Å²) in [5.74, 6) is 0.213. The summed E-state index contributed by atoms with van der Waals surface area (Å²) in [6.07, 6.45) is 4.71. The molecule has 0 unspecified atom stereocenters. The van der Waals surface area contributed by atoms with Gasteiger partial charge >= 0.3 is 0 Å². The van der Waals surface area contributed by atoms with Crippen molar-refractivity contribution >= 4 is 20.6 Å². The molecule has 1 N–H and O–H groups in total. The lowest BCUT2D eigenvalue weighted by molar-refractivity contribution is -0.115. The molecule has 0 amide bonds. The summed E-state index contributed by atoms with van der Waals surface area (Å²) in [6, 6.07) is 0. The molecule has 0 radical (unpaired) electrons. The standard InChI is InChI=1S/C9H20B2FNO/c1-2-5-8(9(14)11-10)6-3-4-7-13-12/h8,11,13H,2-7,10H2,1H3/t8-/m0/s1. The van der Waals surface area contributed by atoms with Gasteiger partial charge in [-0.25, -0.2) is 0 Å². The monoisotopic (exact) mass is 199 g/mol. The molecule has 0 fully saturated rings. The third-order valence-electron chi connectivity index (χ3n) is 2.51. The maximum absolute atomic E-state index is 11.6. The van der Waals surface area contributed by atoms with Gasteiger partial charge in [-0.3, -0.25) is 0 Å². The lowest BCUT2D eigenvalue weighted by Gasteiger charge is -2.13. The molecule has 5 heteroatoms. The van der Waals surface area contributed by atoms with Crippen LogP contribution in [0, 0.1) is 5.92 Å². The quantitative estimate of drug-likeness (QED) is 0.334. The van der Waals surface area contributed by atoms with Crippen LogP contribution in [-0.2, 0) is 4.79 Å². The number of carbonyl (C=O) groups excluding carboxylic acids is 1. The first-order chi connectivity index (χ1) is 6.76. The van der Waals surface area contributed by atoms with Crippen LogP contribution < -0.4 is 5.54 Å². The molecule has 1 atom stereocenters. The second-order valence-corrected chi connectivity index (χ2v) is 3.68. The predicted octanol–water partition coefficient (Wildman–Crippen LogP) is 0.558. The highest BCUT2D eigenvalue weighted by molar-refractivity contribution is 7.08. The van der Waals surface area contributed by atoms with Crippen LogP contribution in [-0.4, -0.2) is 27.1 Å². The van der Waals surface area contributed by atoms with Gasteiger partial charge in [-0.15, -0.1) is 4.48 Å². The molecule has 0 saturated carbocycles. The van der Waals surface area contributed by atoms with Crippen LogP contribution in [0.15, 0.2) is 0 Å². The number of halogens is 1. The number of hydrogen-bond acceptors (Lipinski definition) is 2. The van der Waals surface area contributed by atoms with E-state index < -0.39 is 0 Å². The summed E-state index contributed by atoms with van der Waals surface area (Å²) in [5.41, 5.74) is 1.99. The van der Waals surface area contributed by atoms with Crippen LogP contribution >= 0.6 is 0 Å². The zero-order valence-electron chi connectivity index (χ0n) is 9.31. The molecule has 2 nitrogen and oxygen atoms in total. The number of unbranched alkanes of at least 4 members (excludes halogenated alkanes) is 1. The van der Waals surface area contributed by atoms with Crippen LogP contribution in [0.5, 0.6) is 0 Å². The van der Waals surface area contributed by atoms with E-state index in [1.807, 2.05) is 7.74 Å². The predicted molar refractivity (Wildman–Crippen MR) is 62.1 cm³/mol. The first-order valence-electron chi connectivity index (χ1n) is 5.62.